The third-order valence-corrected chi connectivity index (χ3v) is 3.18. The van der Waals surface area contributed by atoms with E-state index in [0.717, 1.165) is 5.92 Å². The molecule has 122 valence electrons. The minimum atomic E-state index is 0.158. The van der Waals surface area contributed by atoms with Crippen molar-refractivity contribution in [3.05, 3.63) is 0 Å². The van der Waals surface area contributed by atoms with E-state index in [1.807, 2.05) is 0 Å². The monoisotopic (exact) mass is 283 g/mol. The zero-order chi connectivity index (χ0) is 16.4. The molecule has 0 aromatic rings. The van der Waals surface area contributed by atoms with Crippen LogP contribution in [0, 0.1) is 16.7 Å². The summed E-state index contributed by atoms with van der Waals surface area (Å²) in [5.74, 6) is 0.717. The van der Waals surface area contributed by atoms with E-state index in [9.17, 15) is 0 Å². The van der Waals surface area contributed by atoms with Crippen LogP contribution in [0.2, 0.25) is 0 Å². The zero-order valence-corrected chi connectivity index (χ0v) is 16.2. The van der Waals surface area contributed by atoms with Gasteiger partial charge in [0.15, 0.2) is 0 Å². The summed E-state index contributed by atoms with van der Waals surface area (Å²) < 4.78 is 0. The van der Waals surface area contributed by atoms with Gasteiger partial charge in [-0.1, -0.05) is 55.4 Å². The molecule has 0 aliphatic rings. The molecule has 0 spiro atoms. The third-order valence-electron chi connectivity index (χ3n) is 3.18. The SMILES string of the molecule is CC(C)CC(CC(C)(C)C)(CC(C)(C)C)NC(C)(C)C. The van der Waals surface area contributed by atoms with Gasteiger partial charge in [0.05, 0.1) is 0 Å². The number of rotatable bonds is 5. The summed E-state index contributed by atoms with van der Waals surface area (Å²) in [6, 6.07) is 0. The predicted octanol–water partition coefficient (Wildman–Crippen LogP) is 6.03. The molecule has 0 aliphatic heterocycles. The molecule has 0 atom stereocenters. The van der Waals surface area contributed by atoms with Crippen LogP contribution in [0.4, 0.5) is 0 Å². The first-order chi connectivity index (χ1) is 8.54. The maximum absolute atomic E-state index is 4.01. The van der Waals surface area contributed by atoms with Crippen molar-refractivity contribution >= 4 is 0 Å². The Bertz CT molecular complexity index is 240. The van der Waals surface area contributed by atoms with Crippen LogP contribution in [-0.2, 0) is 0 Å². The van der Waals surface area contributed by atoms with Gasteiger partial charge < -0.3 is 5.32 Å². The molecule has 0 fully saturated rings. The average molecular weight is 284 g/mol. The van der Waals surface area contributed by atoms with Crippen LogP contribution in [0.1, 0.15) is 95.4 Å². The van der Waals surface area contributed by atoms with Crippen molar-refractivity contribution < 1.29 is 0 Å². The van der Waals surface area contributed by atoms with Crippen LogP contribution < -0.4 is 5.32 Å². The number of nitrogens with one attached hydrogen (secondary N) is 1. The third kappa shape index (κ3) is 9.80. The molecule has 1 N–H and O–H groups in total. The van der Waals surface area contributed by atoms with Gasteiger partial charge in [-0.3, -0.25) is 0 Å². The molecule has 0 heterocycles. The molecule has 0 aromatic carbocycles. The van der Waals surface area contributed by atoms with Gasteiger partial charge in [0.25, 0.3) is 0 Å². The van der Waals surface area contributed by atoms with Gasteiger partial charge in [-0.05, 0) is 56.8 Å². The normalized spacial score (nSPS) is 15.0. The average Bonchev–Trinajstić information content (AvgIpc) is 1.86. The molecule has 0 radical (unpaired) electrons. The number of hydrogen-bond acceptors (Lipinski definition) is 1. The van der Waals surface area contributed by atoms with E-state index < -0.39 is 0 Å². The van der Waals surface area contributed by atoms with Crippen LogP contribution >= 0.6 is 0 Å². The molecule has 20 heavy (non-hydrogen) atoms. The van der Waals surface area contributed by atoms with Gasteiger partial charge >= 0.3 is 0 Å². The second kappa shape index (κ2) is 6.38. The van der Waals surface area contributed by atoms with Gasteiger partial charge in [-0.2, -0.15) is 0 Å². The van der Waals surface area contributed by atoms with Crippen molar-refractivity contribution in [3.63, 3.8) is 0 Å². The molecule has 0 saturated heterocycles. The van der Waals surface area contributed by atoms with Crippen LogP contribution in [0.25, 0.3) is 0 Å². The zero-order valence-electron chi connectivity index (χ0n) is 16.2. The van der Waals surface area contributed by atoms with E-state index in [1.54, 1.807) is 0 Å². The van der Waals surface area contributed by atoms with Crippen LogP contribution in [-0.4, -0.2) is 11.1 Å². The lowest BCUT2D eigenvalue weighted by molar-refractivity contribution is 0.0943. The fourth-order valence-electron chi connectivity index (χ4n) is 3.95. The van der Waals surface area contributed by atoms with Crippen molar-refractivity contribution in [2.75, 3.05) is 0 Å². The molecule has 0 amide bonds. The highest BCUT2D eigenvalue weighted by molar-refractivity contribution is 4.98. The van der Waals surface area contributed by atoms with Gasteiger partial charge in [0.2, 0.25) is 0 Å². The first-order valence-electron chi connectivity index (χ1n) is 8.33. The Hall–Kier alpha value is -0.0400. The van der Waals surface area contributed by atoms with Crippen molar-refractivity contribution in [3.8, 4) is 0 Å². The molecule has 1 nitrogen and oxygen atoms in total. The van der Waals surface area contributed by atoms with Crippen molar-refractivity contribution in [2.45, 2.75) is 107 Å². The Balaban J connectivity index is 5.50. The van der Waals surface area contributed by atoms with E-state index in [-0.39, 0.29) is 11.1 Å². The summed E-state index contributed by atoms with van der Waals surface area (Å²) in [6.07, 6.45) is 3.71. The van der Waals surface area contributed by atoms with Gasteiger partial charge in [0.1, 0.15) is 0 Å². The highest BCUT2D eigenvalue weighted by Crippen LogP contribution is 2.40. The summed E-state index contributed by atoms with van der Waals surface area (Å²) in [5, 5.41) is 4.01. The van der Waals surface area contributed by atoms with Crippen LogP contribution in [0.15, 0.2) is 0 Å². The lowest BCUT2D eigenvalue weighted by Gasteiger charge is -2.48. The summed E-state index contributed by atoms with van der Waals surface area (Å²) in [5.41, 5.74) is 1.07. The number of hydrogen-bond donors (Lipinski definition) is 1. The quantitative estimate of drug-likeness (QED) is 0.649. The molecule has 0 aromatic heterocycles. The summed E-state index contributed by atoms with van der Waals surface area (Å²) in [4.78, 5) is 0. The molecular formula is C19H41N. The molecule has 0 aliphatic carbocycles. The Morgan fingerprint density at radius 3 is 1.25 bits per heavy atom. The van der Waals surface area contributed by atoms with E-state index in [2.05, 4.69) is 81.5 Å². The van der Waals surface area contributed by atoms with Crippen molar-refractivity contribution in [1.82, 2.24) is 5.32 Å². The van der Waals surface area contributed by atoms with Gasteiger partial charge in [-0.25, -0.2) is 0 Å². The maximum Gasteiger partial charge on any atom is 0.0198 e. The van der Waals surface area contributed by atoms with Crippen LogP contribution in [0.3, 0.4) is 0 Å². The Morgan fingerprint density at radius 1 is 0.700 bits per heavy atom. The molecular weight excluding hydrogens is 242 g/mol. The largest absolute Gasteiger partial charge is 0.307 e. The summed E-state index contributed by atoms with van der Waals surface area (Å²) in [7, 11) is 0. The second-order valence-corrected chi connectivity index (χ2v) is 10.7. The molecule has 0 rings (SSSR count). The Morgan fingerprint density at radius 2 is 1.05 bits per heavy atom. The second-order valence-electron chi connectivity index (χ2n) is 10.7. The molecule has 0 unspecified atom stereocenters. The minimum Gasteiger partial charge on any atom is -0.307 e. The lowest BCUT2D eigenvalue weighted by Crippen LogP contribution is -2.57. The van der Waals surface area contributed by atoms with Gasteiger partial charge in [0, 0.05) is 11.1 Å². The standard InChI is InChI=1S/C19H41N/c1-15(2)12-19(13-16(3,4)5,14-17(6,7)8)20-18(9,10)11/h15,20H,12-14H2,1-11H3. The Kier molecular flexibility index (Phi) is 6.37. The summed E-state index contributed by atoms with van der Waals surface area (Å²) in [6.45, 7) is 25.8. The fraction of sp³-hybridized carbons (Fsp3) is 1.00. The first kappa shape index (κ1) is 20.0. The van der Waals surface area contributed by atoms with Crippen molar-refractivity contribution in [2.24, 2.45) is 16.7 Å². The maximum atomic E-state index is 4.01. The van der Waals surface area contributed by atoms with E-state index in [0.29, 0.717) is 10.8 Å². The minimum absolute atomic E-state index is 0.158. The highest BCUT2D eigenvalue weighted by Gasteiger charge is 2.40. The predicted molar refractivity (Wildman–Crippen MR) is 93.2 cm³/mol. The molecule has 0 saturated carbocycles. The van der Waals surface area contributed by atoms with E-state index in [4.69, 9.17) is 0 Å². The first-order valence-corrected chi connectivity index (χ1v) is 8.33. The molecule has 1 heteroatoms. The molecule has 0 bridgehead atoms. The van der Waals surface area contributed by atoms with E-state index >= 15 is 0 Å². The Labute approximate surface area is 129 Å². The van der Waals surface area contributed by atoms with Crippen molar-refractivity contribution in [1.29, 1.82) is 0 Å². The van der Waals surface area contributed by atoms with E-state index in [1.165, 1.54) is 19.3 Å². The highest BCUT2D eigenvalue weighted by atomic mass is 15.0. The van der Waals surface area contributed by atoms with Gasteiger partial charge in [-0.15, -0.1) is 0 Å². The lowest BCUT2D eigenvalue weighted by atomic mass is 9.68. The smallest absolute Gasteiger partial charge is 0.0198 e. The topological polar surface area (TPSA) is 12.0 Å². The fourth-order valence-corrected chi connectivity index (χ4v) is 3.95. The summed E-state index contributed by atoms with van der Waals surface area (Å²) >= 11 is 0. The van der Waals surface area contributed by atoms with Crippen LogP contribution in [0.5, 0.6) is 0 Å².